The molecule has 9 heteroatoms. The van der Waals surface area contributed by atoms with Crippen LogP contribution < -0.4 is 10.2 Å². The van der Waals surface area contributed by atoms with Gasteiger partial charge in [0.05, 0.1) is 13.2 Å². The van der Waals surface area contributed by atoms with Gasteiger partial charge in [-0.25, -0.2) is 4.98 Å². The Morgan fingerprint density at radius 3 is 2.74 bits per heavy atom. The molecule has 176 valence electrons. The van der Waals surface area contributed by atoms with Gasteiger partial charge in [-0.05, 0) is 29.2 Å². The van der Waals surface area contributed by atoms with Gasteiger partial charge in [0.2, 0.25) is 0 Å². The number of thioether (sulfide) groups is 1. The molecule has 1 saturated heterocycles. The largest absolute Gasteiger partial charge is 0.378 e. The fourth-order valence-electron chi connectivity index (χ4n) is 4.84. The summed E-state index contributed by atoms with van der Waals surface area (Å²) >= 11 is 3.70. The molecule has 0 spiro atoms. The van der Waals surface area contributed by atoms with Crippen molar-refractivity contribution in [3.05, 3.63) is 47.0 Å². The van der Waals surface area contributed by atoms with Gasteiger partial charge < -0.3 is 15.0 Å². The second-order valence-corrected chi connectivity index (χ2v) is 12.2. The zero-order chi connectivity index (χ0) is 23.1. The molecule has 6 rings (SSSR count). The zero-order valence-corrected chi connectivity index (χ0v) is 21.1. The van der Waals surface area contributed by atoms with Crippen molar-refractivity contribution in [3.8, 4) is 0 Å². The van der Waals surface area contributed by atoms with Gasteiger partial charge in [-0.1, -0.05) is 44.2 Å². The normalized spacial score (nSPS) is 17.8. The van der Waals surface area contributed by atoms with E-state index in [2.05, 4.69) is 63.7 Å². The number of hydrogen-bond acceptors (Lipinski definition) is 9. The summed E-state index contributed by atoms with van der Waals surface area (Å²) in [4.78, 5) is 8.65. The van der Waals surface area contributed by atoms with Crippen molar-refractivity contribution >= 4 is 55.2 Å². The Balaban J connectivity index is 1.43. The molecule has 0 amide bonds. The number of hydrogen-bond donors (Lipinski definition) is 1. The summed E-state index contributed by atoms with van der Waals surface area (Å²) in [5, 5.41) is 17.7. The van der Waals surface area contributed by atoms with E-state index < -0.39 is 0 Å². The van der Waals surface area contributed by atoms with Crippen molar-refractivity contribution in [2.75, 3.05) is 43.1 Å². The summed E-state index contributed by atoms with van der Waals surface area (Å²) < 4.78 is 6.83. The molecule has 1 fully saturated rings. The molecule has 2 aliphatic rings. The Kier molecular flexibility index (Phi) is 5.79. The smallest absolute Gasteiger partial charge is 0.170 e. The number of nitrogens with zero attached hydrogens (tertiary/aromatic N) is 5. The molecule has 0 unspecified atom stereocenters. The minimum Gasteiger partial charge on any atom is -0.378 e. The standard InChI is InChI=1S/C25H28N6OS2/c1-25(2)14-17-18(15-33-25)23(31-10-12-32-13-11-31)27-24-19(17)20-21(34-24)22(29-30-28-20)26-9-8-16-6-4-3-5-7-16/h3-7H,8-15H2,1-2H3,(H,26,28,29). The van der Waals surface area contributed by atoms with Crippen molar-refractivity contribution in [2.45, 2.75) is 37.2 Å². The summed E-state index contributed by atoms with van der Waals surface area (Å²) in [7, 11) is 0. The van der Waals surface area contributed by atoms with E-state index in [1.807, 2.05) is 17.8 Å². The zero-order valence-electron chi connectivity index (χ0n) is 19.5. The summed E-state index contributed by atoms with van der Waals surface area (Å²) in [6.45, 7) is 8.74. The molecule has 34 heavy (non-hydrogen) atoms. The molecule has 0 bridgehead atoms. The van der Waals surface area contributed by atoms with Crippen molar-refractivity contribution in [3.63, 3.8) is 0 Å². The van der Waals surface area contributed by atoms with E-state index in [0.29, 0.717) is 0 Å². The highest BCUT2D eigenvalue weighted by Gasteiger charge is 2.33. The van der Waals surface area contributed by atoms with E-state index in [0.717, 1.165) is 78.1 Å². The molecule has 7 nitrogen and oxygen atoms in total. The third-order valence-electron chi connectivity index (χ3n) is 6.58. The van der Waals surface area contributed by atoms with E-state index >= 15 is 0 Å². The van der Waals surface area contributed by atoms with Crippen LogP contribution in [0.25, 0.3) is 20.4 Å². The highest BCUT2D eigenvalue weighted by atomic mass is 32.2. The van der Waals surface area contributed by atoms with Crippen molar-refractivity contribution < 1.29 is 4.74 Å². The molecule has 1 N–H and O–H groups in total. The molecular weight excluding hydrogens is 464 g/mol. The number of nitrogens with one attached hydrogen (secondary N) is 1. The average molecular weight is 493 g/mol. The topological polar surface area (TPSA) is 76.1 Å². The van der Waals surface area contributed by atoms with Crippen LogP contribution in [0.2, 0.25) is 0 Å². The van der Waals surface area contributed by atoms with Crippen molar-refractivity contribution in [2.24, 2.45) is 0 Å². The van der Waals surface area contributed by atoms with Crippen LogP contribution in [-0.2, 0) is 23.3 Å². The van der Waals surface area contributed by atoms with Gasteiger partial charge in [-0.15, -0.1) is 21.5 Å². The molecule has 2 aliphatic heterocycles. The van der Waals surface area contributed by atoms with Crippen molar-refractivity contribution in [1.29, 1.82) is 0 Å². The van der Waals surface area contributed by atoms with Gasteiger partial charge in [0.15, 0.2) is 5.82 Å². The molecule has 0 saturated carbocycles. The Hall–Kier alpha value is -2.49. The monoisotopic (exact) mass is 492 g/mol. The average Bonchev–Trinajstić information content (AvgIpc) is 3.24. The maximum absolute atomic E-state index is 5.61. The SMILES string of the molecule is CC1(C)Cc2c(c(N3CCOCC3)nc3sc4c(NCCc5ccccc5)nnnc4c23)CS1. The highest BCUT2D eigenvalue weighted by molar-refractivity contribution is 7.99. The van der Waals surface area contributed by atoms with Gasteiger partial charge in [0.1, 0.15) is 20.9 Å². The van der Waals surface area contributed by atoms with Gasteiger partial charge in [-0.3, -0.25) is 0 Å². The third kappa shape index (κ3) is 4.10. The van der Waals surface area contributed by atoms with Crippen LogP contribution in [0, 0.1) is 0 Å². The van der Waals surface area contributed by atoms with Gasteiger partial charge in [-0.2, -0.15) is 11.8 Å². The molecule has 0 aliphatic carbocycles. The third-order valence-corrected chi connectivity index (χ3v) is 9.02. The van der Waals surface area contributed by atoms with Crippen LogP contribution in [-0.4, -0.2) is 58.0 Å². The predicted molar refractivity (Wildman–Crippen MR) is 141 cm³/mol. The second-order valence-electron chi connectivity index (χ2n) is 9.48. The van der Waals surface area contributed by atoms with E-state index in [9.17, 15) is 0 Å². The first-order valence-corrected chi connectivity index (χ1v) is 13.6. The summed E-state index contributed by atoms with van der Waals surface area (Å²) in [6.07, 6.45) is 1.92. The first kappa shape index (κ1) is 22.0. The second kappa shape index (κ2) is 8.94. The fraction of sp³-hybridized carbons (Fsp3) is 0.440. The van der Waals surface area contributed by atoms with Gasteiger partial charge >= 0.3 is 0 Å². The molecule has 3 aromatic heterocycles. The van der Waals surface area contributed by atoms with Crippen LogP contribution in [0.15, 0.2) is 30.3 Å². The minimum absolute atomic E-state index is 0.176. The van der Waals surface area contributed by atoms with Gasteiger partial charge in [0, 0.05) is 41.1 Å². The maximum atomic E-state index is 5.61. The predicted octanol–water partition coefficient (Wildman–Crippen LogP) is 4.69. The van der Waals surface area contributed by atoms with E-state index in [1.165, 1.54) is 22.1 Å². The molecular formula is C25H28N6OS2. The molecule has 4 aromatic rings. The van der Waals surface area contributed by atoms with Gasteiger partial charge in [0.25, 0.3) is 0 Å². The van der Waals surface area contributed by atoms with Crippen LogP contribution in [0.5, 0.6) is 0 Å². The lowest BCUT2D eigenvalue weighted by Gasteiger charge is -2.35. The van der Waals surface area contributed by atoms with Crippen LogP contribution in [0.4, 0.5) is 11.6 Å². The fourth-order valence-corrected chi connectivity index (χ4v) is 7.02. The van der Waals surface area contributed by atoms with E-state index in [1.54, 1.807) is 11.3 Å². The Morgan fingerprint density at radius 1 is 1.09 bits per heavy atom. The van der Waals surface area contributed by atoms with Crippen LogP contribution >= 0.6 is 23.1 Å². The number of pyridine rings is 1. The number of ether oxygens (including phenoxy) is 1. The first-order chi connectivity index (χ1) is 16.6. The number of anilines is 2. The summed E-state index contributed by atoms with van der Waals surface area (Å²) in [5.74, 6) is 2.89. The lowest BCUT2D eigenvalue weighted by Crippen LogP contribution is -2.38. The number of fused-ring (bicyclic) bond motifs is 5. The minimum atomic E-state index is 0.176. The molecule has 0 radical (unpaired) electrons. The quantitative estimate of drug-likeness (QED) is 0.430. The lowest BCUT2D eigenvalue weighted by molar-refractivity contribution is 0.122. The number of benzene rings is 1. The maximum Gasteiger partial charge on any atom is 0.170 e. The Bertz CT molecular complexity index is 1330. The lowest BCUT2D eigenvalue weighted by atomic mass is 9.94. The Morgan fingerprint density at radius 2 is 1.91 bits per heavy atom. The van der Waals surface area contributed by atoms with Crippen LogP contribution in [0.1, 0.15) is 30.5 Å². The Labute approximate surface area is 207 Å². The number of aromatic nitrogens is 4. The van der Waals surface area contributed by atoms with E-state index in [-0.39, 0.29) is 4.75 Å². The number of rotatable bonds is 5. The first-order valence-electron chi connectivity index (χ1n) is 11.8. The molecule has 0 atom stereocenters. The number of morpholine rings is 1. The number of thiophene rings is 1. The summed E-state index contributed by atoms with van der Waals surface area (Å²) in [5.41, 5.74) is 4.97. The van der Waals surface area contributed by atoms with Crippen LogP contribution in [0.3, 0.4) is 0 Å². The summed E-state index contributed by atoms with van der Waals surface area (Å²) in [6, 6.07) is 10.5. The molecule has 1 aromatic carbocycles. The molecule has 5 heterocycles. The van der Waals surface area contributed by atoms with E-state index in [4.69, 9.17) is 9.72 Å². The van der Waals surface area contributed by atoms with Crippen molar-refractivity contribution in [1.82, 2.24) is 20.4 Å². The highest BCUT2D eigenvalue weighted by Crippen LogP contribution is 2.47.